The van der Waals surface area contributed by atoms with E-state index in [1.807, 2.05) is 0 Å². The molecule has 3 rings (SSSR count). The van der Waals surface area contributed by atoms with Gasteiger partial charge in [0.2, 0.25) is 0 Å². The number of halogens is 1. The lowest BCUT2D eigenvalue weighted by molar-refractivity contribution is -0.159. The first-order valence-corrected chi connectivity index (χ1v) is 7.65. The van der Waals surface area contributed by atoms with Crippen LogP contribution in [0, 0.1) is 5.82 Å². The number of rotatable bonds is 5. The monoisotopic (exact) mass is 334 g/mol. The van der Waals surface area contributed by atoms with Crippen molar-refractivity contribution in [2.24, 2.45) is 0 Å². The summed E-state index contributed by atoms with van der Waals surface area (Å²) in [6.07, 6.45) is 0. The van der Waals surface area contributed by atoms with Crippen LogP contribution >= 0.6 is 0 Å². The Kier molecular flexibility index (Phi) is 4.38. The Bertz CT molecular complexity index is 742. The zero-order chi connectivity index (χ0) is 17.3. The normalized spacial score (nSPS) is 17.4. The molecule has 0 radical (unpaired) electrons. The van der Waals surface area contributed by atoms with Crippen molar-refractivity contribution in [3.05, 3.63) is 53.2 Å². The van der Waals surface area contributed by atoms with Crippen LogP contribution in [0.15, 0.2) is 34.9 Å². The van der Waals surface area contributed by atoms with Crippen LogP contribution in [0.1, 0.15) is 29.9 Å². The van der Waals surface area contributed by atoms with Crippen molar-refractivity contribution in [1.29, 1.82) is 0 Å². The molecule has 1 atom stereocenters. The molecule has 1 aromatic heterocycles. The van der Waals surface area contributed by atoms with E-state index < -0.39 is 11.4 Å². The van der Waals surface area contributed by atoms with Gasteiger partial charge in [-0.25, -0.2) is 4.39 Å². The van der Waals surface area contributed by atoms with E-state index in [4.69, 9.17) is 14.4 Å². The predicted molar refractivity (Wildman–Crippen MR) is 82.5 cm³/mol. The minimum atomic E-state index is -1.38. The number of ether oxygens (including phenoxy) is 1. The summed E-state index contributed by atoms with van der Waals surface area (Å²) in [5.41, 5.74) is -0.464. The minimum Gasteiger partial charge on any atom is -0.388 e. The fourth-order valence-corrected chi connectivity index (χ4v) is 2.89. The van der Waals surface area contributed by atoms with E-state index in [0.29, 0.717) is 24.5 Å². The minimum absolute atomic E-state index is 0.0414. The largest absolute Gasteiger partial charge is 0.388 e. The number of benzene rings is 1. The third kappa shape index (κ3) is 2.70. The molecular formula is C17H19FN2O4. The van der Waals surface area contributed by atoms with Gasteiger partial charge in [0.05, 0.1) is 5.69 Å². The van der Waals surface area contributed by atoms with E-state index in [1.54, 1.807) is 36.1 Å². The lowest BCUT2D eigenvalue weighted by Crippen LogP contribution is -2.55. The molecule has 2 aromatic rings. The molecule has 1 saturated heterocycles. The van der Waals surface area contributed by atoms with Crippen LogP contribution < -0.4 is 0 Å². The van der Waals surface area contributed by atoms with Crippen molar-refractivity contribution in [2.75, 3.05) is 20.2 Å². The van der Waals surface area contributed by atoms with E-state index >= 15 is 0 Å². The first-order chi connectivity index (χ1) is 11.5. The number of aliphatic hydroxyl groups is 1. The second-order valence-electron chi connectivity index (χ2n) is 6.00. The highest BCUT2D eigenvalue weighted by molar-refractivity contribution is 5.87. The highest BCUT2D eigenvalue weighted by Crippen LogP contribution is 2.34. The zero-order valence-electron chi connectivity index (χ0n) is 13.5. The van der Waals surface area contributed by atoms with E-state index in [2.05, 4.69) is 5.16 Å². The van der Waals surface area contributed by atoms with Gasteiger partial charge in [-0.05, 0) is 13.0 Å². The summed E-state index contributed by atoms with van der Waals surface area (Å²) in [6, 6.07) is 7.79. The molecule has 1 aliphatic rings. The fraction of sp³-hybridized carbons (Fsp3) is 0.412. The van der Waals surface area contributed by atoms with Crippen LogP contribution in [0.4, 0.5) is 4.39 Å². The van der Waals surface area contributed by atoms with Gasteiger partial charge in [-0.15, -0.1) is 0 Å². The number of aliphatic hydroxyl groups excluding tert-OH is 1. The van der Waals surface area contributed by atoms with E-state index in [1.165, 1.54) is 13.2 Å². The summed E-state index contributed by atoms with van der Waals surface area (Å²) in [5, 5.41) is 12.9. The molecule has 1 fully saturated rings. The maximum absolute atomic E-state index is 14.1. The third-order valence-corrected chi connectivity index (χ3v) is 4.52. The first-order valence-electron chi connectivity index (χ1n) is 7.65. The van der Waals surface area contributed by atoms with E-state index in [0.717, 1.165) is 0 Å². The first kappa shape index (κ1) is 16.6. The average molecular weight is 334 g/mol. The van der Waals surface area contributed by atoms with Gasteiger partial charge in [0.25, 0.3) is 5.91 Å². The molecule has 0 bridgehead atoms. The molecule has 0 aliphatic carbocycles. The Balaban J connectivity index is 1.73. The number of nitrogens with zero attached hydrogens (tertiary/aromatic N) is 2. The number of carbonyl (C=O) groups is 1. The molecule has 1 aliphatic heterocycles. The van der Waals surface area contributed by atoms with Gasteiger partial charge in [0.1, 0.15) is 12.4 Å². The lowest BCUT2D eigenvalue weighted by Gasteiger charge is -2.43. The molecular weight excluding hydrogens is 315 g/mol. The van der Waals surface area contributed by atoms with Crippen molar-refractivity contribution >= 4 is 5.91 Å². The summed E-state index contributed by atoms with van der Waals surface area (Å²) >= 11 is 0. The average Bonchev–Trinajstić information content (AvgIpc) is 3.01. The lowest BCUT2D eigenvalue weighted by atomic mass is 9.89. The van der Waals surface area contributed by atoms with Gasteiger partial charge in [-0.1, -0.05) is 23.4 Å². The summed E-state index contributed by atoms with van der Waals surface area (Å²) in [6.45, 7) is 2.26. The number of hydrogen-bond donors (Lipinski definition) is 1. The van der Waals surface area contributed by atoms with Crippen LogP contribution in [-0.4, -0.2) is 41.3 Å². The Morgan fingerprint density at radius 3 is 2.79 bits per heavy atom. The molecule has 1 N–H and O–H groups in total. The molecule has 0 saturated carbocycles. The van der Waals surface area contributed by atoms with Gasteiger partial charge in [-0.2, -0.15) is 0 Å². The molecule has 1 unspecified atom stereocenters. The molecule has 24 heavy (non-hydrogen) atoms. The highest BCUT2D eigenvalue weighted by atomic mass is 19.1. The summed E-state index contributed by atoms with van der Waals surface area (Å²) < 4.78 is 24.5. The Labute approximate surface area is 138 Å². The van der Waals surface area contributed by atoms with Crippen molar-refractivity contribution in [3.63, 3.8) is 0 Å². The van der Waals surface area contributed by atoms with Crippen LogP contribution in [0.25, 0.3) is 0 Å². The van der Waals surface area contributed by atoms with Crippen LogP contribution in [0.3, 0.4) is 0 Å². The van der Waals surface area contributed by atoms with Crippen molar-refractivity contribution in [3.8, 4) is 0 Å². The van der Waals surface area contributed by atoms with Gasteiger partial charge < -0.3 is 19.3 Å². The molecule has 1 aromatic carbocycles. The van der Waals surface area contributed by atoms with Gasteiger partial charge in [-0.3, -0.25) is 4.79 Å². The number of hydrogen-bond acceptors (Lipinski definition) is 5. The fourth-order valence-electron chi connectivity index (χ4n) is 2.89. The summed E-state index contributed by atoms with van der Waals surface area (Å²) in [7, 11) is 1.40. The number of carbonyl (C=O) groups excluding carboxylic acids is 1. The maximum Gasteiger partial charge on any atom is 0.259 e. The second kappa shape index (κ2) is 6.33. The van der Waals surface area contributed by atoms with Crippen molar-refractivity contribution < 1.29 is 23.6 Å². The smallest absolute Gasteiger partial charge is 0.259 e. The van der Waals surface area contributed by atoms with E-state index in [9.17, 15) is 9.18 Å². The molecule has 2 heterocycles. The number of methoxy groups -OCH3 is 1. The zero-order valence-corrected chi connectivity index (χ0v) is 13.5. The van der Waals surface area contributed by atoms with Crippen LogP contribution in [0.2, 0.25) is 0 Å². The van der Waals surface area contributed by atoms with E-state index in [-0.39, 0.29) is 24.0 Å². The SMILES string of the molecule is COC(C)(C(=O)N1CC(c2cc(CO)on2)C1)c1ccccc1F. The Morgan fingerprint density at radius 2 is 2.21 bits per heavy atom. The van der Waals surface area contributed by atoms with Crippen molar-refractivity contribution in [1.82, 2.24) is 10.1 Å². The quantitative estimate of drug-likeness (QED) is 0.902. The molecule has 6 nitrogen and oxygen atoms in total. The molecule has 7 heteroatoms. The Morgan fingerprint density at radius 1 is 1.50 bits per heavy atom. The second-order valence-corrected chi connectivity index (χ2v) is 6.00. The standard InChI is InChI=1S/C17H19FN2O4/c1-17(23-2,13-5-3-4-6-14(13)18)16(22)20-8-11(9-20)15-7-12(10-21)24-19-15/h3-7,11,21H,8-10H2,1-2H3. The van der Waals surface area contributed by atoms with Gasteiger partial charge in [0, 0.05) is 37.7 Å². The third-order valence-electron chi connectivity index (χ3n) is 4.52. The highest BCUT2D eigenvalue weighted by Gasteiger charge is 2.45. The Hall–Kier alpha value is -2.25. The van der Waals surface area contributed by atoms with Crippen LogP contribution in [0.5, 0.6) is 0 Å². The predicted octanol–water partition coefficient (Wildman–Crippen LogP) is 1.79. The molecule has 0 spiro atoms. The molecule has 1 amide bonds. The number of likely N-dealkylation sites (tertiary alicyclic amines) is 1. The molecule has 128 valence electrons. The van der Waals surface area contributed by atoms with Gasteiger partial charge in [0.15, 0.2) is 11.4 Å². The summed E-state index contributed by atoms with van der Waals surface area (Å²) in [5.74, 6) is -0.337. The van der Waals surface area contributed by atoms with Crippen molar-refractivity contribution in [2.45, 2.75) is 25.0 Å². The van der Waals surface area contributed by atoms with Crippen LogP contribution in [-0.2, 0) is 21.7 Å². The summed E-state index contributed by atoms with van der Waals surface area (Å²) in [4.78, 5) is 14.4. The maximum atomic E-state index is 14.1. The topological polar surface area (TPSA) is 75.8 Å². The number of aromatic nitrogens is 1. The number of amides is 1. The van der Waals surface area contributed by atoms with Gasteiger partial charge >= 0.3 is 0 Å².